The van der Waals surface area contributed by atoms with Crippen molar-refractivity contribution >= 4 is 11.9 Å². The zero-order valence-electron chi connectivity index (χ0n) is 16.7. The van der Waals surface area contributed by atoms with Crippen LogP contribution in [0.1, 0.15) is 23.0 Å². The zero-order chi connectivity index (χ0) is 23.0. The molecule has 0 radical (unpaired) electrons. The van der Waals surface area contributed by atoms with Crippen molar-refractivity contribution in [3.8, 4) is 17.2 Å². The number of benzene rings is 1. The predicted octanol–water partition coefficient (Wildman–Crippen LogP) is 2.48. The van der Waals surface area contributed by atoms with Crippen molar-refractivity contribution < 1.29 is 42.1 Å². The third kappa shape index (κ3) is 7.05. The number of aromatic nitrogens is 1. The van der Waals surface area contributed by atoms with Crippen LogP contribution >= 0.6 is 0 Å². The van der Waals surface area contributed by atoms with Gasteiger partial charge in [-0.05, 0) is 18.6 Å². The fourth-order valence-electron chi connectivity index (χ4n) is 2.60. The molecule has 2 N–H and O–H groups in total. The number of carbonyl (C=O) groups is 2. The van der Waals surface area contributed by atoms with Crippen molar-refractivity contribution in [2.45, 2.75) is 25.9 Å². The molecule has 8 nitrogen and oxygen atoms in total. The molecule has 31 heavy (non-hydrogen) atoms. The molecule has 168 valence electrons. The van der Waals surface area contributed by atoms with Crippen molar-refractivity contribution in [2.75, 3.05) is 20.3 Å². The molecule has 0 spiro atoms. The summed E-state index contributed by atoms with van der Waals surface area (Å²) in [6.45, 7) is 0.122. The number of methoxy groups -OCH3 is 1. The Hall–Kier alpha value is -3.50. The first kappa shape index (κ1) is 23.8. The molecule has 2 rings (SSSR count). The Balaban J connectivity index is 1.91. The molecule has 1 aromatic carbocycles. The van der Waals surface area contributed by atoms with Crippen molar-refractivity contribution in [3.05, 3.63) is 47.5 Å². The fourth-order valence-corrected chi connectivity index (χ4v) is 2.60. The number of halogens is 3. The second-order valence-corrected chi connectivity index (χ2v) is 6.35. The number of esters is 1. The van der Waals surface area contributed by atoms with Crippen molar-refractivity contribution in [1.82, 2.24) is 10.3 Å². The Labute approximate surface area is 175 Å². The number of nitrogens with one attached hydrogen (secondary N) is 1. The molecular weight excluding hydrogens is 421 g/mol. The van der Waals surface area contributed by atoms with Crippen LogP contribution in [0.3, 0.4) is 0 Å². The summed E-state index contributed by atoms with van der Waals surface area (Å²) in [4.78, 5) is 27.9. The first-order valence-electron chi connectivity index (χ1n) is 9.10. The van der Waals surface area contributed by atoms with Gasteiger partial charge in [-0.25, -0.2) is 18.2 Å². The molecule has 1 atom stereocenters. The molecule has 0 bridgehead atoms. The summed E-state index contributed by atoms with van der Waals surface area (Å²) in [5.74, 6) is -2.77. The van der Waals surface area contributed by atoms with Crippen molar-refractivity contribution in [2.24, 2.45) is 0 Å². The lowest BCUT2D eigenvalue weighted by atomic mass is 10.1. The van der Waals surface area contributed by atoms with E-state index >= 15 is 0 Å². The van der Waals surface area contributed by atoms with Gasteiger partial charge in [0.1, 0.15) is 30.8 Å². The van der Waals surface area contributed by atoms with Crippen molar-refractivity contribution in [3.63, 3.8) is 0 Å². The van der Waals surface area contributed by atoms with Gasteiger partial charge >= 0.3 is 5.97 Å². The highest BCUT2D eigenvalue weighted by Gasteiger charge is 2.19. The van der Waals surface area contributed by atoms with Crippen LogP contribution in [0.2, 0.25) is 0 Å². The number of nitrogens with zero attached hydrogens (tertiary/aromatic N) is 1. The van der Waals surface area contributed by atoms with Crippen LogP contribution < -0.4 is 14.8 Å². The maximum Gasteiger partial charge on any atom is 0.325 e. The quantitative estimate of drug-likeness (QED) is 0.545. The second-order valence-electron chi connectivity index (χ2n) is 6.35. The van der Waals surface area contributed by atoms with Crippen LogP contribution in [0.4, 0.5) is 13.2 Å². The van der Waals surface area contributed by atoms with Gasteiger partial charge in [-0.1, -0.05) is 6.07 Å². The van der Waals surface area contributed by atoms with E-state index in [4.69, 9.17) is 14.2 Å². The van der Waals surface area contributed by atoms with E-state index in [2.05, 4.69) is 10.3 Å². The highest BCUT2D eigenvalue weighted by atomic mass is 19.3. The third-order valence-electron chi connectivity index (χ3n) is 3.95. The SMILES string of the molecule is COc1ccnc(C(=O)NCC(=O)OC(C)Cc2ccc(F)cc2OCC(F)F)c1O. The molecule has 1 amide bonds. The lowest BCUT2D eigenvalue weighted by Crippen LogP contribution is -2.33. The Bertz CT molecular complexity index is 926. The Kier molecular flexibility index (Phi) is 8.47. The number of pyridine rings is 1. The maximum absolute atomic E-state index is 13.4. The summed E-state index contributed by atoms with van der Waals surface area (Å²) < 4.78 is 53.1. The largest absolute Gasteiger partial charge is 0.503 e. The van der Waals surface area contributed by atoms with Crippen LogP contribution in [0.5, 0.6) is 17.2 Å². The molecule has 0 saturated carbocycles. The molecular formula is C20H21F3N2O6. The minimum Gasteiger partial charge on any atom is -0.503 e. The van der Waals surface area contributed by atoms with Crippen LogP contribution in [0, 0.1) is 5.82 Å². The van der Waals surface area contributed by atoms with E-state index < -0.39 is 49.1 Å². The number of aromatic hydroxyl groups is 1. The van der Waals surface area contributed by atoms with E-state index in [-0.39, 0.29) is 23.6 Å². The smallest absolute Gasteiger partial charge is 0.325 e. The fraction of sp³-hybridized carbons (Fsp3) is 0.350. The second kappa shape index (κ2) is 11.0. The van der Waals surface area contributed by atoms with E-state index in [1.807, 2.05) is 0 Å². The van der Waals surface area contributed by atoms with E-state index in [0.29, 0.717) is 5.56 Å². The van der Waals surface area contributed by atoms with Crippen molar-refractivity contribution in [1.29, 1.82) is 0 Å². The van der Waals surface area contributed by atoms with Gasteiger partial charge in [0.25, 0.3) is 12.3 Å². The predicted molar refractivity (Wildman–Crippen MR) is 102 cm³/mol. The lowest BCUT2D eigenvalue weighted by Gasteiger charge is -2.16. The first-order chi connectivity index (χ1) is 14.7. The summed E-state index contributed by atoms with van der Waals surface area (Å²) >= 11 is 0. The maximum atomic E-state index is 13.4. The number of rotatable bonds is 10. The molecule has 0 aliphatic heterocycles. The molecule has 11 heteroatoms. The monoisotopic (exact) mass is 442 g/mol. The van der Waals surface area contributed by atoms with E-state index in [1.54, 1.807) is 0 Å². The molecule has 1 unspecified atom stereocenters. The molecule has 2 aromatic rings. The van der Waals surface area contributed by atoms with Gasteiger partial charge in [-0.3, -0.25) is 9.59 Å². The number of hydrogen-bond donors (Lipinski definition) is 2. The van der Waals surface area contributed by atoms with Crippen LogP contribution in [0.25, 0.3) is 0 Å². The molecule has 0 aliphatic rings. The summed E-state index contributed by atoms with van der Waals surface area (Å²) in [7, 11) is 1.31. The average molecular weight is 442 g/mol. The molecule has 0 aliphatic carbocycles. The summed E-state index contributed by atoms with van der Waals surface area (Å²) in [5.41, 5.74) is 0.0456. The minimum atomic E-state index is -2.73. The third-order valence-corrected chi connectivity index (χ3v) is 3.95. The highest BCUT2D eigenvalue weighted by molar-refractivity contribution is 5.97. The van der Waals surface area contributed by atoms with Gasteiger partial charge in [0.05, 0.1) is 7.11 Å². The van der Waals surface area contributed by atoms with Gasteiger partial charge in [0.15, 0.2) is 17.2 Å². The van der Waals surface area contributed by atoms with Crippen LogP contribution in [-0.2, 0) is 16.0 Å². The van der Waals surface area contributed by atoms with E-state index in [1.165, 1.54) is 32.4 Å². The molecule has 0 saturated heterocycles. The summed E-state index contributed by atoms with van der Waals surface area (Å²) in [6, 6.07) is 4.81. The van der Waals surface area contributed by atoms with Crippen LogP contribution in [-0.4, -0.2) is 54.8 Å². The van der Waals surface area contributed by atoms with E-state index in [0.717, 1.165) is 12.1 Å². The summed E-state index contributed by atoms with van der Waals surface area (Å²) in [5, 5.41) is 12.2. The topological polar surface area (TPSA) is 107 Å². The molecule has 1 aromatic heterocycles. The van der Waals surface area contributed by atoms with E-state index in [9.17, 15) is 27.9 Å². The minimum absolute atomic E-state index is 0.0421. The standard InChI is InChI=1S/C20H21F3N2O6/c1-11(7-12-3-4-13(21)8-15(12)30-10-16(22)23)31-17(26)9-25-20(28)18-19(27)14(29-2)5-6-24-18/h3-6,8,11,16,27H,7,9-10H2,1-2H3,(H,25,28). The number of hydrogen-bond acceptors (Lipinski definition) is 7. The Morgan fingerprint density at radius 2 is 1.97 bits per heavy atom. The Morgan fingerprint density at radius 3 is 2.65 bits per heavy atom. The number of ether oxygens (including phenoxy) is 3. The van der Waals surface area contributed by atoms with Crippen LogP contribution in [0.15, 0.2) is 30.5 Å². The van der Waals surface area contributed by atoms with Gasteiger partial charge in [0.2, 0.25) is 0 Å². The molecule has 1 heterocycles. The Morgan fingerprint density at radius 1 is 1.23 bits per heavy atom. The zero-order valence-corrected chi connectivity index (χ0v) is 16.7. The average Bonchev–Trinajstić information content (AvgIpc) is 2.72. The van der Waals surface area contributed by atoms with Gasteiger partial charge in [-0.15, -0.1) is 0 Å². The van der Waals surface area contributed by atoms with Gasteiger partial charge < -0.3 is 24.6 Å². The number of amides is 1. The lowest BCUT2D eigenvalue weighted by molar-refractivity contribution is -0.146. The molecule has 0 fully saturated rings. The summed E-state index contributed by atoms with van der Waals surface area (Å²) in [6.07, 6.45) is -2.14. The normalized spacial score (nSPS) is 11.7. The van der Waals surface area contributed by atoms with Gasteiger partial charge in [-0.2, -0.15) is 0 Å². The number of alkyl halides is 2. The highest BCUT2D eigenvalue weighted by Crippen LogP contribution is 2.27. The van der Waals surface area contributed by atoms with Gasteiger partial charge in [0, 0.05) is 24.8 Å². The first-order valence-corrected chi connectivity index (χ1v) is 9.10. The number of carbonyl (C=O) groups excluding carboxylic acids is 2.